The molecule has 0 amide bonds. The zero-order valence-electron chi connectivity index (χ0n) is 20.2. The number of nitrogens with zero attached hydrogens (tertiary/aromatic N) is 5. The maximum Gasteiger partial charge on any atom is 0.163 e. The van der Waals surface area contributed by atoms with Gasteiger partial charge in [0.05, 0.1) is 42.0 Å². The van der Waals surface area contributed by atoms with Gasteiger partial charge in [-0.15, -0.1) is 0 Å². The quantitative estimate of drug-likeness (QED) is 0.368. The number of rotatable bonds is 9. The van der Waals surface area contributed by atoms with Gasteiger partial charge >= 0.3 is 0 Å². The van der Waals surface area contributed by atoms with Crippen LogP contribution in [0.15, 0.2) is 54.6 Å². The lowest BCUT2D eigenvalue weighted by Crippen LogP contribution is -2.27. The predicted molar refractivity (Wildman–Crippen MR) is 133 cm³/mol. The molecule has 8 nitrogen and oxygen atoms in total. The van der Waals surface area contributed by atoms with Crippen LogP contribution in [0, 0.1) is 0 Å². The standard InChI is InChI=1S/C26H35N7O/c1-3-23-25(34-21-12-8-5-9-13-21)16-29-26(31-23)22-15-30-32(2)24(22)18-33(28)17-20(27)14-19-10-6-4-7-11-19/h4,6-7,10-11,15-17,21H,3,5,8-9,12-14,18,27-28H2,1-2H3/b20-17-. The summed E-state index contributed by atoms with van der Waals surface area (Å²) in [6.45, 7) is 2.51. The molecule has 0 atom stereocenters. The first-order valence-electron chi connectivity index (χ1n) is 12.1. The van der Waals surface area contributed by atoms with E-state index in [0.29, 0.717) is 24.5 Å². The molecule has 180 valence electrons. The highest BCUT2D eigenvalue weighted by Crippen LogP contribution is 2.28. The van der Waals surface area contributed by atoms with Crippen molar-refractivity contribution in [1.82, 2.24) is 24.8 Å². The van der Waals surface area contributed by atoms with Crippen molar-refractivity contribution in [3.05, 3.63) is 71.6 Å². The van der Waals surface area contributed by atoms with E-state index in [9.17, 15) is 0 Å². The van der Waals surface area contributed by atoms with Gasteiger partial charge in [-0.2, -0.15) is 5.10 Å². The van der Waals surface area contributed by atoms with Crippen LogP contribution in [0.4, 0.5) is 0 Å². The summed E-state index contributed by atoms with van der Waals surface area (Å²) in [5.74, 6) is 7.72. The summed E-state index contributed by atoms with van der Waals surface area (Å²) >= 11 is 0. The summed E-state index contributed by atoms with van der Waals surface area (Å²) in [5, 5.41) is 6.02. The molecule has 1 aromatic carbocycles. The summed E-state index contributed by atoms with van der Waals surface area (Å²) in [7, 11) is 1.89. The van der Waals surface area contributed by atoms with Crippen LogP contribution in [-0.2, 0) is 26.4 Å². The summed E-state index contributed by atoms with van der Waals surface area (Å²) < 4.78 is 8.07. The van der Waals surface area contributed by atoms with E-state index in [1.54, 1.807) is 22.1 Å². The first-order chi connectivity index (χ1) is 16.5. The van der Waals surface area contributed by atoms with Crippen LogP contribution >= 0.6 is 0 Å². The Labute approximate surface area is 201 Å². The molecule has 4 N–H and O–H groups in total. The number of aromatic nitrogens is 4. The third-order valence-electron chi connectivity index (χ3n) is 6.23. The van der Waals surface area contributed by atoms with Gasteiger partial charge in [-0.3, -0.25) is 4.68 Å². The van der Waals surface area contributed by atoms with Crippen LogP contribution in [-0.4, -0.2) is 30.9 Å². The molecule has 4 rings (SSSR count). The van der Waals surface area contributed by atoms with Gasteiger partial charge in [0.1, 0.15) is 0 Å². The van der Waals surface area contributed by atoms with Gasteiger partial charge in [-0.05, 0) is 37.7 Å². The third kappa shape index (κ3) is 5.94. The first kappa shape index (κ1) is 23.8. The molecule has 8 heteroatoms. The topological polar surface area (TPSA) is 108 Å². The number of hydrogen-bond donors (Lipinski definition) is 2. The normalized spacial score (nSPS) is 14.9. The fraction of sp³-hybridized carbons (Fsp3) is 0.423. The third-order valence-corrected chi connectivity index (χ3v) is 6.23. The van der Waals surface area contributed by atoms with Crippen LogP contribution in [0.25, 0.3) is 11.4 Å². The highest BCUT2D eigenvalue weighted by Gasteiger charge is 2.20. The molecule has 0 saturated heterocycles. The van der Waals surface area contributed by atoms with Crippen LogP contribution in [0.1, 0.15) is 56.0 Å². The van der Waals surface area contributed by atoms with Gasteiger partial charge in [-0.25, -0.2) is 15.8 Å². The van der Waals surface area contributed by atoms with Gasteiger partial charge in [0.2, 0.25) is 0 Å². The number of benzene rings is 1. The number of nitrogens with two attached hydrogens (primary N) is 2. The molecule has 0 radical (unpaired) electrons. The van der Waals surface area contributed by atoms with E-state index in [1.165, 1.54) is 19.3 Å². The zero-order valence-corrected chi connectivity index (χ0v) is 20.2. The molecule has 3 aromatic rings. The van der Waals surface area contributed by atoms with Gasteiger partial charge < -0.3 is 15.5 Å². The minimum Gasteiger partial charge on any atom is -0.487 e. The van der Waals surface area contributed by atoms with Gasteiger partial charge in [0.25, 0.3) is 0 Å². The van der Waals surface area contributed by atoms with Gasteiger partial charge in [-0.1, -0.05) is 43.7 Å². The molecule has 1 aliphatic carbocycles. The van der Waals surface area contributed by atoms with Crippen molar-refractivity contribution in [3.8, 4) is 17.1 Å². The van der Waals surface area contributed by atoms with E-state index in [0.717, 1.165) is 47.5 Å². The minimum absolute atomic E-state index is 0.265. The molecule has 0 bridgehead atoms. The number of hydrazine groups is 1. The average Bonchev–Trinajstić information content (AvgIpc) is 3.20. The van der Waals surface area contributed by atoms with E-state index in [-0.39, 0.29) is 6.10 Å². The fourth-order valence-electron chi connectivity index (χ4n) is 4.40. The van der Waals surface area contributed by atoms with Crippen molar-refractivity contribution in [2.75, 3.05) is 0 Å². The Morgan fingerprint density at radius 1 is 1.18 bits per heavy atom. The van der Waals surface area contributed by atoms with E-state index >= 15 is 0 Å². The van der Waals surface area contributed by atoms with E-state index < -0.39 is 0 Å². The van der Waals surface area contributed by atoms with Crippen molar-refractivity contribution in [3.63, 3.8) is 0 Å². The van der Waals surface area contributed by atoms with Crippen molar-refractivity contribution in [2.45, 2.75) is 64.5 Å². The molecule has 2 heterocycles. The molecule has 0 spiro atoms. The number of hydrogen-bond acceptors (Lipinski definition) is 7. The monoisotopic (exact) mass is 461 g/mol. The Balaban J connectivity index is 1.50. The second-order valence-corrected chi connectivity index (χ2v) is 8.90. The Kier molecular flexibility index (Phi) is 7.80. The average molecular weight is 462 g/mol. The lowest BCUT2D eigenvalue weighted by molar-refractivity contribution is 0.152. The van der Waals surface area contributed by atoms with Crippen LogP contribution in [0.5, 0.6) is 5.75 Å². The molecule has 2 aromatic heterocycles. The molecule has 0 unspecified atom stereocenters. The Bertz CT molecular complexity index is 1100. The molecular formula is C26H35N7O. The maximum atomic E-state index is 6.29. The molecule has 34 heavy (non-hydrogen) atoms. The Hall–Kier alpha value is -3.39. The molecule has 1 saturated carbocycles. The summed E-state index contributed by atoms with van der Waals surface area (Å²) in [6, 6.07) is 10.1. The van der Waals surface area contributed by atoms with Crippen LogP contribution < -0.4 is 16.3 Å². The van der Waals surface area contributed by atoms with Crippen LogP contribution in [0.2, 0.25) is 0 Å². The van der Waals surface area contributed by atoms with Crippen LogP contribution in [0.3, 0.4) is 0 Å². The van der Waals surface area contributed by atoms with E-state index in [1.807, 2.05) is 43.6 Å². The summed E-state index contributed by atoms with van der Waals surface area (Å²) in [4.78, 5) is 9.47. The number of aryl methyl sites for hydroxylation is 2. The molecular weight excluding hydrogens is 426 g/mol. The van der Waals surface area contributed by atoms with E-state index in [4.69, 9.17) is 21.3 Å². The minimum atomic E-state index is 0.265. The highest BCUT2D eigenvalue weighted by molar-refractivity contribution is 5.58. The number of allylic oxidation sites excluding steroid dienone is 1. The fourth-order valence-corrected chi connectivity index (χ4v) is 4.40. The predicted octanol–water partition coefficient (Wildman–Crippen LogP) is 3.87. The molecule has 1 aliphatic rings. The Morgan fingerprint density at radius 2 is 1.94 bits per heavy atom. The summed E-state index contributed by atoms with van der Waals surface area (Å²) in [5.41, 5.74) is 10.7. The summed E-state index contributed by atoms with van der Waals surface area (Å²) in [6.07, 6.45) is 13.0. The van der Waals surface area contributed by atoms with Gasteiger partial charge in [0, 0.05) is 25.4 Å². The molecule has 1 fully saturated rings. The maximum absolute atomic E-state index is 6.29. The first-order valence-corrected chi connectivity index (χ1v) is 12.1. The largest absolute Gasteiger partial charge is 0.487 e. The van der Waals surface area contributed by atoms with E-state index in [2.05, 4.69) is 17.0 Å². The SMILES string of the molecule is CCc1nc(-c2cnn(C)c2CN(N)/C=C(\N)Cc2ccccc2)ncc1OC1CCCCC1. The lowest BCUT2D eigenvalue weighted by Gasteiger charge is -2.23. The van der Waals surface area contributed by atoms with Crippen molar-refractivity contribution < 1.29 is 4.74 Å². The second kappa shape index (κ2) is 11.2. The highest BCUT2D eigenvalue weighted by atomic mass is 16.5. The number of ether oxygens (including phenoxy) is 1. The second-order valence-electron chi connectivity index (χ2n) is 8.90. The van der Waals surface area contributed by atoms with Crippen molar-refractivity contribution in [2.24, 2.45) is 18.6 Å². The lowest BCUT2D eigenvalue weighted by atomic mass is 9.98. The zero-order chi connectivity index (χ0) is 23.9. The Morgan fingerprint density at radius 3 is 2.68 bits per heavy atom. The van der Waals surface area contributed by atoms with Crippen molar-refractivity contribution in [1.29, 1.82) is 0 Å². The smallest absolute Gasteiger partial charge is 0.163 e. The van der Waals surface area contributed by atoms with Gasteiger partial charge in [0.15, 0.2) is 11.6 Å². The van der Waals surface area contributed by atoms with Crippen molar-refractivity contribution >= 4 is 0 Å². The molecule has 0 aliphatic heterocycles.